The summed E-state index contributed by atoms with van der Waals surface area (Å²) in [5, 5.41) is 12.0. The smallest absolute Gasteiger partial charge is 0.256 e. The van der Waals surface area contributed by atoms with Crippen LogP contribution < -0.4 is 16.4 Å². The first-order valence-corrected chi connectivity index (χ1v) is 10.4. The molecule has 0 aliphatic carbocycles. The van der Waals surface area contributed by atoms with E-state index in [9.17, 15) is 4.79 Å². The predicted octanol–water partition coefficient (Wildman–Crippen LogP) is 3.25. The van der Waals surface area contributed by atoms with Gasteiger partial charge in [-0.15, -0.1) is 0 Å². The monoisotopic (exact) mass is 413 g/mol. The van der Waals surface area contributed by atoms with Gasteiger partial charge in [0.15, 0.2) is 0 Å². The minimum Gasteiger partial charge on any atom is -0.383 e. The first-order chi connectivity index (χ1) is 15.2. The minimum absolute atomic E-state index is 0.213. The Balaban J connectivity index is 1.48. The molecule has 0 saturated carbocycles. The highest BCUT2D eigenvalue weighted by Gasteiger charge is 2.22. The molecule has 1 atom stereocenters. The van der Waals surface area contributed by atoms with Crippen molar-refractivity contribution in [1.82, 2.24) is 25.1 Å². The van der Waals surface area contributed by atoms with E-state index in [0.29, 0.717) is 17.2 Å². The number of hydrogen-bond donors (Lipinski definition) is 3. The van der Waals surface area contributed by atoms with Crippen molar-refractivity contribution in [3.63, 3.8) is 0 Å². The molecule has 1 aliphatic heterocycles. The number of piperidine rings is 1. The second kappa shape index (κ2) is 8.16. The van der Waals surface area contributed by atoms with Crippen LogP contribution in [0, 0.1) is 0 Å². The van der Waals surface area contributed by atoms with Crippen molar-refractivity contribution in [1.29, 1.82) is 0 Å². The lowest BCUT2D eigenvalue weighted by Gasteiger charge is -2.23. The number of carbonyl (C=O) groups is 1. The lowest BCUT2D eigenvalue weighted by molar-refractivity contribution is 0.102. The predicted molar refractivity (Wildman–Crippen MR) is 121 cm³/mol. The molecule has 8 nitrogen and oxygen atoms in total. The summed E-state index contributed by atoms with van der Waals surface area (Å²) in [6.45, 7) is 1.92. The van der Waals surface area contributed by atoms with Gasteiger partial charge in [-0.2, -0.15) is 5.10 Å². The number of hydrogen-bond acceptors (Lipinski definition) is 6. The maximum absolute atomic E-state index is 12.5. The van der Waals surface area contributed by atoms with Crippen molar-refractivity contribution in [2.75, 3.05) is 24.1 Å². The Morgan fingerprint density at radius 1 is 1.10 bits per heavy atom. The van der Waals surface area contributed by atoms with Crippen LogP contribution in [0.3, 0.4) is 0 Å². The van der Waals surface area contributed by atoms with E-state index in [2.05, 4.69) is 25.3 Å². The summed E-state index contributed by atoms with van der Waals surface area (Å²) in [5.41, 5.74) is 9.44. The van der Waals surface area contributed by atoms with Crippen molar-refractivity contribution < 1.29 is 4.79 Å². The van der Waals surface area contributed by atoms with Crippen molar-refractivity contribution in [3.8, 4) is 11.3 Å². The number of nitrogens with one attached hydrogen (secondary N) is 2. The highest BCUT2D eigenvalue weighted by Crippen LogP contribution is 2.34. The topological polar surface area (TPSA) is 111 Å². The van der Waals surface area contributed by atoms with Crippen molar-refractivity contribution >= 4 is 28.4 Å². The van der Waals surface area contributed by atoms with E-state index in [1.807, 2.05) is 24.3 Å². The van der Waals surface area contributed by atoms with Gasteiger partial charge in [0.1, 0.15) is 17.3 Å². The lowest BCUT2D eigenvalue weighted by Crippen LogP contribution is -2.32. The van der Waals surface area contributed by atoms with Gasteiger partial charge in [0.05, 0.1) is 16.9 Å². The number of anilines is 2. The van der Waals surface area contributed by atoms with Crippen molar-refractivity contribution in [3.05, 3.63) is 66.5 Å². The summed E-state index contributed by atoms with van der Waals surface area (Å²) < 4.78 is 2.07. The Morgan fingerprint density at radius 2 is 1.97 bits per heavy atom. The fourth-order valence-corrected chi connectivity index (χ4v) is 4.04. The molecule has 4 aromatic rings. The van der Waals surface area contributed by atoms with Crippen LogP contribution in [-0.2, 0) is 0 Å². The van der Waals surface area contributed by atoms with E-state index >= 15 is 0 Å². The molecule has 0 spiro atoms. The molecule has 3 aromatic heterocycles. The quantitative estimate of drug-likeness (QED) is 0.474. The SMILES string of the molecule is Nc1nccc2c1c(-c1ccc(C(=O)Nc3ccccn3)cc1)nn2[C@@H]1CCCNC1. The molecule has 8 heteroatoms. The number of benzene rings is 1. The Kier molecular flexibility index (Phi) is 5.05. The van der Waals surface area contributed by atoms with Crippen LogP contribution in [0.15, 0.2) is 60.9 Å². The number of nitrogens with two attached hydrogens (primary N) is 1. The summed E-state index contributed by atoms with van der Waals surface area (Å²) in [4.78, 5) is 20.9. The summed E-state index contributed by atoms with van der Waals surface area (Å²) in [5.74, 6) is 0.760. The summed E-state index contributed by atoms with van der Waals surface area (Å²) in [6.07, 6.45) is 5.54. The third-order valence-corrected chi connectivity index (χ3v) is 5.59. The van der Waals surface area contributed by atoms with E-state index in [-0.39, 0.29) is 11.9 Å². The van der Waals surface area contributed by atoms with Crippen LogP contribution in [-0.4, -0.2) is 38.7 Å². The van der Waals surface area contributed by atoms with Gasteiger partial charge in [-0.1, -0.05) is 18.2 Å². The molecule has 156 valence electrons. The third-order valence-electron chi connectivity index (χ3n) is 5.59. The van der Waals surface area contributed by atoms with E-state index in [4.69, 9.17) is 10.8 Å². The van der Waals surface area contributed by atoms with Crippen LogP contribution in [0.4, 0.5) is 11.6 Å². The highest BCUT2D eigenvalue weighted by atomic mass is 16.1. The van der Waals surface area contributed by atoms with Crippen molar-refractivity contribution in [2.24, 2.45) is 0 Å². The summed E-state index contributed by atoms with van der Waals surface area (Å²) in [7, 11) is 0. The van der Waals surface area contributed by atoms with Gasteiger partial charge in [0.2, 0.25) is 0 Å². The number of rotatable bonds is 4. The van der Waals surface area contributed by atoms with Gasteiger partial charge in [-0.3, -0.25) is 9.48 Å². The molecule has 1 amide bonds. The third kappa shape index (κ3) is 3.73. The molecule has 5 rings (SSSR count). The number of carbonyl (C=O) groups excluding carboxylic acids is 1. The van der Waals surface area contributed by atoms with E-state index < -0.39 is 0 Å². The molecule has 0 radical (unpaired) electrons. The first-order valence-electron chi connectivity index (χ1n) is 10.4. The maximum Gasteiger partial charge on any atom is 0.256 e. The lowest BCUT2D eigenvalue weighted by atomic mass is 10.1. The standard InChI is InChI=1S/C23H23N7O/c24-22-20-18(10-13-27-22)30(17-4-3-11-25-14-17)29-21(20)15-6-8-16(9-7-15)23(31)28-19-5-1-2-12-26-19/h1-2,5-10,12-13,17,25H,3-4,11,14H2,(H2,24,27)(H,26,28,31)/t17-/m1/s1. The molecular weight excluding hydrogens is 390 g/mol. The number of amides is 1. The van der Waals surface area contributed by atoms with Crippen LogP contribution in [0.25, 0.3) is 22.2 Å². The molecule has 1 fully saturated rings. The molecule has 0 bridgehead atoms. The maximum atomic E-state index is 12.5. The minimum atomic E-state index is -0.213. The van der Waals surface area contributed by atoms with Gasteiger partial charge in [0.25, 0.3) is 5.91 Å². The van der Waals surface area contributed by atoms with Crippen molar-refractivity contribution in [2.45, 2.75) is 18.9 Å². The average molecular weight is 413 g/mol. The Hall–Kier alpha value is -3.78. The van der Waals surface area contributed by atoms with Crippen LogP contribution >= 0.6 is 0 Å². The number of nitrogens with zero attached hydrogens (tertiary/aromatic N) is 4. The second-order valence-corrected chi connectivity index (χ2v) is 7.63. The largest absolute Gasteiger partial charge is 0.383 e. The summed E-state index contributed by atoms with van der Waals surface area (Å²) >= 11 is 0. The number of fused-ring (bicyclic) bond motifs is 1. The number of aromatic nitrogens is 4. The van der Waals surface area contributed by atoms with Gasteiger partial charge < -0.3 is 16.4 Å². The summed E-state index contributed by atoms with van der Waals surface area (Å²) in [6, 6.07) is 15.0. The van der Waals surface area contributed by atoms with Gasteiger partial charge in [-0.05, 0) is 49.7 Å². The zero-order chi connectivity index (χ0) is 21.2. The number of pyridine rings is 2. The first kappa shape index (κ1) is 19.2. The zero-order valence-corrected chi connectivity index (χ0v) is 17.0. The number of nitrogen functional groups attached to an aromatic ring is 1. The normalized spacial score (nSPS) is 16.3. The molecule has 4 N–H and O–H groups in total. The second-order valence-electron chi connectivity index (χ2n) is 7.63. The molecule has 1 aliphatic rings. The molecular formula is C23H23N7O. The van der Waals surface area contributed by atoms with E-state index in [1.165, 1.54) is 0 Å². The zero-order valence-electron chi connectivity index (χ0n) is 17.0. The Labute approximate surface area is 179 Å². The van der Waals surface area contributed by atoms with Crippen LogP contribution in [0.1, 0.15) is 29.2 Å². The van der Waals surface area contributed by atoms with Gasteiger partial charge in [-0.25, -0.2) is 9.97 Å². The van der Waals surface area contributed by atoms with Crippen LogP contribution in [0.5, 0.6) is 0 Å². The van der Waals surface area contributed by atoms with E-state index in [1.54, 1.807) is 36.7 Å². The molecule has 1 aromatic carbocycles. The molecule has 31 heavy (non-hydrogen) atoms. The van der Waals surface area contributed by atoms with Crippen LogP contribution in [0.2, 0.25) is 0 Å². The molecule has 1 saturated heterocycles. The molecule has 4 heterocycles. The Morgan fingerprint density at radius 3 is 2.71 bits per heavy atom. The average Bonchev–Trinajstić information content (AvgIpc) is 3.21. The highest BCUT2D eigenvalue weighted by molar-refractivity contribution is 6.05. The van der Waals surface area contributed by atoms with Gasteiger partial charge >= 0.3 is 0 Å². The fourth-order valence-electron chi connectivity index (χ4n) is 4.04. The molecule has 0 unspecified atom stereocenters. The Bertz CT molecular complexity index is 1210. The van der Waals surface area contributed by atoms with E-state index in [0.717, 1.165) is 48.1 Å². The van der Waals surface area contributed by atoms with Gasteiger partial charge in [0, 0.05) is 30.1 Å². The fraction of sp³-hybridized carbons (Fsp3) is 0.217.